The third-order valence-electron chi connectivity index (χ3n) is 4.89. The van der Waals surface area contributed by atoms with Crippen molar-refractivity contribution < 1.29 is 0 Å². The smallest absolute Gasteiger partial charge is 0.202 e. The molecule has 0 aliphatic heterocycles. The average molecular weight is 339 g/mol. The van der Waals surface area contributed by atoms with Gasteiger partial charge in [0.1, 0.15) is 0 Å². The topological polar surface area (TPSA) is 30.3 Å². The van der Waals surface area contributed by atoms with Gasteiger partial charge in [-0.2, -0.15) is 0 Å². The Kier molecular flexibility index (Phi) is 4.05. The number of rotatable bonds is 2. The molecule has 0 aromatic heterocycles. The summed E-state index contributed by atoms with van der Waals surface area (Å²) in [7, 11) is 3.90. The van der Waals surface area contributed by atoms with Crippen LogP contribution in [0, 0.1) is 5.41 Å². The summed E-state index contributed by atoms with van der Waals surface area (Å²) >= 11 is 0. The largest absolute Gasteiger partial charge is 0.315 e. The minimum atomic E-state index is 0.428. The van der Waals surface area contributed by atoms with Crippen molar-refractivity contribution in [2.24, 2.45) is 0 Å². The predicted octanol–water partition coefficient (Wildman–Crippen LogP) is 5.50. The molecule has 4 aromatic carbocycles. The normalized spacial score (nSPS) is 10.8. The van der Waals surface area contributed by atoms with Gasteiger partial charge < -0.3 is 9.80 Å². The fraction of sp³-hybridized carbons (Fsp3) is 0.0870. The molecule has 0 spiro atoms. The summed E-state index contributed by atoms with van der Waals surface area (Å²) in [6.45, 7) is 0. The lowest BCUT2D eigenvalue weighted by Crippen LogP contribution is -2.39. The maximum absolute atomic E-state index is 8.78. The highest BCUT2D eigenvalue weighted by molar-refractivity contribution is 6.12. The summed E-state index contributed by atoms with van der Waals surface area (Å²) in [4.78, 5) is 3.87. The van der Waals surface area contributed by atoms with Gasteiger partial charge in [0.15, 0.2) is 0 Å². The van der Waals surface area contributed by atoms with E-state index in [4.69, 9.17) is 5.41 Å². The second-order valence-electron chi connectivity index (χ2n) is 6.44. The molecule has 0 heterocycles. The average Bonchev–Trinajstić information content (AvgIpc) is 2.71. The van der Waals surface area contributed by atoms with Crippen LogP contribution in [0.4, 0.5) is 11.4 Å². The monoisotopic (exact) mass is 339 g/mol. The molecule has 0 saturated carbocycles. The van der Waals surface area contributed by atoms with Gasteiger partial charge in [-0.25, -0.2) is 0 Å². The van der Waals surface area contributed by atoms with E-state index in [0.717, 1.165) is 22.1 Å². The van der Waals surface area contributed by atoms with Crippen LogP contribution in [0.3, 0.4) is 0 Å². The van der Waals surface area contributed by atoms with Gasteiger partial charge in [0.25, 0.3) is 0 Å². The van der Waals surface area contributed by atoms with Crippen LogP contribution in [0.25, 0.3) is 21.5 Å². The zero-order chi connectivity index (χ0) is 18.1. The molecule has 0 saturated heterocycles. The first kappa shape index (κ1) is 16.2. The number of nitrogens with one attached hydrogen (secondary N) is 1. The summed E-state index contributed by atoms with van der Waals surface area (Å²) < 4.78 is 0. The van der Waals surface area contributed by atoms with E-state index in [0.29, 0.717) is 5.96 Å². The molecule has 0 amide bonds. The number of guanidine groups is 1. The first-order chi connectivity index (χ1) is 12.7. The number of anilines is 2. The molecule has 3 heteroatoms. The Morgan fingerprint density at radius 2 is 0.962 bits per heavy atom. The molecule has 0 aliphatic rings. The standard InChI is InChI=1S/C23H21N3/c1-25(21-15-7-11-17-9-3-5-13-19(17)21)23(24)26(2)22-16-8-12-18-10-4-6-14-20(18)22/h3-16,24H,1-2H3. The second-order valence-corrected chi connectivity index (χ2v) is 6.44. The molecule has 0 bridgehead atoms. The van der Waals surface area contributed by atoms with Gasteiger partial charge in [-0.3, -0.25) is 5.41 Å². The van der Waals surface area contributed by atoms with Crippen molar-refractivity contribution in [3.63, 3.8) is 0 Å². The van der Waals surface area contributed by atoms with Gasteiger partial charge in [0.05, 0.1) is 11.4 Å². The Bertz CT molecular complexity index is 1000. The Morgan fingerprint density at radius 1 is 0.577 bits per heavy atom. The summed E-state index contributed by atoms with van der Waals surface area (Å²) in [5.74, 6) is 0.428. The van der Waals surface area contributed by atoms with Crippen molar-refractivity contribution in [3.8, 4) is 0 Å². The Balaban J connectivity index is 1.74. The number of nitrogens with zero attached hydrogens (tertiary/aromatic N) is 2. The summed E-state index contributed by atoms with van der Waals surface area (Å²) in [6.07, 6.45) is 0. The fourth-order valence-electron chi connectivity index (χ4n) is 3.45. The maximum Gasteiger partial charge on any atom is 0.202 e. The quantitative estimate of drug-likeness (QED) is 0.386. The van der Waals surface area contributed by atoms with Crippen molar-refractivity contribution in [1.29, 1.82) is 5.41 Å². The summed E-state index contributed by atoms with van der Waals surface area (Å²) in [6, 6.07) is 29.0. The van der Waals surface area contributed by atoms with Crippen LogP contribution in [0.15, 0.2) is 84.9 Å². The lowest BCUT2D eigenvalue weighted by molar-refractivity contribution is 1.13. The Hall–Kier alpha value is -3.33. The maximum atomic E-state index is 8.78. The van der Waals surface area contributed by atoms with Gasteiger partial charge in [-0.05, 0) is 22.9 Å². The SMILES string of the molecule is CN(C(=N)N(C)c1cccc2ccccc12)c1cccc2ccccc12. The Labute approximate surface area is 153 Å². The molecular formula is C23H21N3. The molecule has 4 aromatic rings. The number of hydrogen-bond acceptors (Lipinski definition) is 1. The van der Waals surface area contributed by atoms with Gasteiger partial charge in [-0.1, -0.05) is 72.8 Å². The van der Waals surface area contributed by atoms with E-state index in [2.05, 4.69) is 48.5 Å². The molecule has 1 N–H and O–H groups in total. The molecule has 128 valence electrons. The summed E-state index contributed by atoms with van der Waals surface area (Å²) in [5, 5.41) is 13.4. The van der Waals surface area contributed by atoms with Crippen LogP contribution < -0.4 is 9.80 Å². The van der Waals surface area contributed by atoms with Crippen LogP contribution >= 0.6 is 0 Å². The van der Waals surface area contributed by atoms with Gasteiger partial charge in [-0.15, -0.1) is 0 Å². The third-order valence-corrected chi connectivity index (χ3v) is 4.89. The van der Waals surface area contributed by atoms with Crippen LogP contribution in [-0.4, -0.2) is 20.1 Å². The molecule has 0 aliphatic carbocycles. The fourth-order valence-corrected chi connectivity index (χ4v) is 3.45. The minimum Gasteiger partial charge on any atom is -0.315 e. The summed E-state index contributed by atoms with van der Waals surface area (Å²) in [5.41, 5.74) is 2.06. The van der Waals surface area contributed by atoms with E-state index >= 15 is 0 Å². The number of hydrogen-bond donors (Lipinski definition) is 1. The van der Waals surface area contributed by atoms with Gasteiger partial charge in [0, 0.05) is 24.9 Å². The van der Waals surface area contributed by atoms with Crippen LogP contribution in [-0.2, 0) is 0 Å². The minimum absolute atomic E-state index is 0.428. The van der Waals surface area contributed by atoms with Crippen molar-refractivity contribution in [1.82, 2.24) is 0 Å². The van der Waals surface area contributed by atoms with Crippen LogP contribution in [0.2, 0.25) is 0 Å². The highest BCUT2D eigenvalue weighted by atomic mass is 15.3. The van der Waals surface area contributed by atoms with Crippen molar-refractivity contribution >= 4 is 38.9 Å². The van der Waals surface area contributed by atoms with Gasteiger partial charge >= 0.3 is 0 Å². The first-order valence-electron chi connectivity index (χ1n) is 8.68. The van der Waals surface area contributed by atoms with Crippen molar-refractivity contribution in [2.75, 3.05) is 23.9 Å². The predicted molar refractivity (Wildman–Crippen MR) is 112 cm³/mol. The van der Waals surface area contributed by atoms with Crippen molar-refractivity contribution in [2.45, 2.75) is 0 Å². The van der Waals surface area contributed by atoms with E-state index in [9.17, 15) is 0 Å². The molecule has 0 fully saturated rings. The highest BCUT2D eigenvalue weighted by Gasteiger charge is 2.17. The lowest BCUT2D eigenvalue weighted by atomic mass is 10.1. The second kappa shape index (κ2) is 6.52. The Morgan fingerprint density at radius 3 is 1.42 bits per heavy atom. The van der Waals surface area contributed by atoms with Crippen LogP contribution in [0.5, 0.6) is 0 Å². The zero-order valence-corrected chi connectivity index (χ0v) is 15.0. The van der Waals surface area contributed by atoms with E-state index in [-0.39, 0.29) is 0 Å². The van der Waals surface area contributed by atoms with E-state index < -0.39 is 0 Å². The van der Waals surface area contributed by atoms with Crippen molar-refractivity contribution in [3.05, 3.63) is 84.9 Å². The van der Waals surface area contributed by atoms with Gasteiger partial charge in [0.2, 0.25) is 5.96 Å². The van der Waals surface area contributed by atoms with E-state index in [1.807, 2.05) is 60.3 Å². The molecular weight excluding hydrogens is 318 g/mol. The molecule has 3 nitrogen and oxygen atoms in total. The lowest BCUT2D eigenvalue weighted by Gasteiger charge is -2.29. The number of fused-ring (bicyclic) bond motifs is 2. The molecule has 4 rings (SSSR count). The first-order valence-corrected chi connectivity index (χ1v) is 8.68. The molecule has 0 radical (unpaired) electrons. The van der Waals surface area contributed by atoms with E-state index in [1.165, 1.54) is 10.8 Å². The highest BCUT2D eigenvalue weighted by Crippen LogP contribution is 2.29. The molecule has 0 unspecified atom stereocenters. The van der Waals surface area contributed by atoms with Crippen LogP contribution in [0.1, 0.15) is 0 Å². The molecule has 26 heavy (non-hydrogen) atoms. The number of benzene rings is 4. The third kappa shape index (κ3) is 2.68. The van der Waals surface area contributed by atoms with E-state index in [1.54, 1.807) is 0 Å². The molecule has 0 atom stereocenters. The zero-order valence-electron chi connectivity index (χ0n) is 15.0.